The summed E-state index contributed by atoms with van der Waals surface area (Å²) in [4.78, 5) is 9.44. The second-order valence-electron chi connectivity index (χ2n) is 5.66. The van der Waals surface area contributed by atoms with Crippen molar-refractivity contribution >= 4 is 11.5 Å². The van der Waals surface area contributed by atoms with Crippen molar-refractivity contribution in [2.45, 2.75) is 19.8 Å². The van der Waals surface area contributed by atoms with Crippen LogP contribution in [0, 0.1) is 5.92 Å². The highest BCUT2D eigenvalue weighted by molar-refractivity contribution is 5.54. The van der Waals surface area contributed by atoms with Crippen molar-refractivity contribution in [3.05, 3.63) is 18.3 Å². The van der Waals surface area contributed by atoms with Gasteiger partial charge in [-0.25, -0.2) is 4.98 Å². The van der Waals surface area contributed by atoms with Gasteiger partial charge in [-0.15, -0.1) is 0 Å². The van der Waals surface area contributed by atoms with E-state index in [4.69, 9.17) is 0 Å². The molecule has 0 radical (unpaired) electrons. The maximum Gasteiger partial charge on any atom is 0.127 e. The minimum atomic E-state index is 0.922. The zero-order chi connectivity index (χ0) is 13.1. The Morgan fingerprint density at radius 2 is 2.05 bits per heavy atom. The second-order valence-corrected chi connectivity index (χ2v) is 5.66. The standard InChI is InChI=1S/C15H24N4/c1-2-16-15-11-14(5-6-17-15)19-9-7-18(8-10-19)12-13-3-4-13/h5-6,11,13H,2-4,7-10,12H2,1H3,(H,16,17). The molecule has 1 aromatic rings. The van der Waals surface area contributed by atoms with Crippen LogP contribution in [0.15, 0.2) is 18.3 Å². The second kappa shape index (κ2) is 5.78. The number of anilines is 2. The number of hydrogen-bond acceptors (Lipinski definition) is 4. The van der Waals surface area contributed by atoms with E-state index in [1.165, 1.54) is 38.2 Å². The van der Waals surface area contributed by atoms with Gasteiger partial charge in [-0.05, 0) is 31.7 Å². The normalized spacial score (nSPS) is 20.6. The summed E-state index contributed by atoms with van der Waals surface area (Å²) in [5, 5.41) is 3.28. The van der Waals surface area contributed by atoms with E-state index in [-0.39, 0.29) is 0 Å². The van der Waals surface area contributed by atoms with Crippen molar-refractivity contribution in [2.24, 2.45) is 5.92 Å². The summed E-state index contributed by atoms with van der Waals surface area (Å²) < 4.78 is 0. The fourth-order valence-corrected chi connectivity index (χ4v) is 2.75. The quantitative estimate of drug-likeness (QED) is 0.878. The molecule has 2 fully saturated rings. The third kappa shape index (κ3) is 3.38. The highest BCUT2D eigenvalue weighted by Crippen LogP contribution is 2.30. The van der Waals surface area contributed by atoms with Gasteiger partial charge in [0, 0.05) is 57.2 Å². The number of aromatic nitrogens is 1. The summed E-state index contributed by atoms with van der Waals surface area (Å²) >= 11 is 0. The van der Waals surface area contributed by atoms with Gasteiger partial charge in [0.2, 0.25) is 0 Å². The van der Waals surface area contributed by atoms with Crippen molar-refractivity contribution in [3.63, 3.8) is 0 Å². The van der Waals surface area contributed by atoms with Gasteiger partial charge in [0.25, 0.3) is 0 Å². The molecule has 1 saturated carbocycles. The molecule has 4 nitrogen and oxygen atoms in total. The van der Waals surface area contributed by atoms with E-state index in [0.717, 1.165) is 31.4 Å². The van der Waals surface area contributed by atoms with Crippen LogP contribution in [0.5, 0.6) is 0 Å². The molecule has 2 heterocycles. The van der Waals surface area contributed by atoms with E-state index in [9.17, 15) is 0 Å². The SMILES string of the molecule is CCNc1cc(N2CCN(CC3CC3)CC2)ccn1. The molecule has 1 saturated heterocycles. The van der Waals surface area contributed by atoms with Crippen LogP contribution >= 0.6 is 0 Å². The van der Waals surface area contributed by atoms with Gasteiger partial charge < -0.3 is 10.2 Å². The summed E-state index contributed by atoms with van der Waals surface area (Å²) in [6.45, 7) is 9.04. The number of hydrogen-bond donors (Lipinski definition) is 1. The first-order valence-electron chi connectivity index (χ1n) is 7.52. The Morgan fingerprint density at radius 1 is 1.26 bits per heavy atom. The molecule has 0 spiro atoms. The van der Waals surface area contributed by atoms with Crippen molar-refractivity contribution < 1.29 is 0 Å². The number of piperazine rings is 1. The molecule has 2 aliphatic rings. The van der Waals surface area contributed by atoms with E-state index in [1.807, 2.05) is 6.20 Å². The van der Waals surface area contributed by atoms with E-state index in [1.54, 1.807) is 0 Å². The number of pyridine rings is 1. The average Bonchev–Trinajstić information content (AvgIpc) is 3.24. The van der Waals surface area contributed by atoms with Gasteiger partial charge in [-0.3, -0.25) is 4.90 Å². The summed E-state index contributed by atoms with van der Waals surface area (Å²) in [6, 6.07) is 4.29. The molecule has 1 aliphatic heterocycles. The van der Waals surface area contributed by atoms with Crippen LogP contribution in [-0.4, -0.2) is 49.2 Å². The smallest absolute Gasteiger partial charge is 0.127 e. The lowest BCUT2D eigenvalue weighted by Gasteiger charge is -2.36. The molecule has 1 aromatic heterocycles. The van der Waals surface area contributed by atoms with Crippen LogP contribution < -0.4 is 10.2 Å². The minimum Gasteiger partial charge on any atom is -0.370 e. The molecule has 1 aliphatic carbocycles. The van der Waals surface area contributed by atoms with Gasteiger partial charge >= 0.3 is 0 Å². The van der Waals surface area contributed by atoms with Gasteiger partial charge in [0.15, 0.2) is 0 Å². The zero-order valence-electron chi connectivity index (χ0n) is 11.8. The maximum absolute atomic E-state index is 4.34. The number of rotatable bonds is 5. The van der Waals surface area contributed by atoms with Crippen LogP contribution in [0.3, 0.4) is 0 Å². The molecule has 0 amide bonds. The Morgan fingerprint density at radius 3 is 2.74 bits per heavy atom. The Kier molecular flexibility index (Phi) is 3.87. The fourth-order valence-electron chi connectivity index (χ4n) is 2.75. The van der Waals surface area contributed by atoms with Crippen LogP contribution in [0.25, 0.3) is 0 Å². The molecule has 3 rings (SSSR count). The molecular weight excluding hydrogens is 236 g/mol. The predicted octanol–water partition coefficient (Wildman–Crippen LogP) is 2.05. The lowest BCUT2D eigenvalue weighted by Crippen LogP contribution is -2.47. The summed E-state index contributed by atoms with van der Waals surface area (Å²) in [5.41, 5.74) is 1.30. The van der Waals surface area contributed by atoms with E-state index in [0.29, 0.717) is 0 Å². The molecule has 1 N–H and O–H groups in total. The molecule has 104 valence electrons. The molecule has 0 atom stereocenters. The lowest BCUT2D eigenvalue weighted by molar-refractivity contribution is 0.248. The molecule has 0 bridgehead atoms. The van der Waals surface area contributed by atoms with E-state index >= 15 is 0 Å². The van der Waals surface area contributed by atoms with Gasteiger partial charge in [-0.1, -0.05) is 0 Å². The Hall–Kier alpha value is -1.29. The zero-order valence-corrected chi connectivity index (χ0v) is 11.8. The monoisotopic (exact) mass is 260 g/mol. The highest BCUT2D eigenvalue weighted by Gasteiger charge is 2.26. The van der Waals surface area contributed by atoms with Crippen molar-refractivity contribution in [3.8, 4) is 0 Å². The minimum absolute atomic E-state index is 0.922. The van der Waals surface area contributed by atoms with Crippen molar-refractivity contribution in [1.82, 2.24) is 9.88 Å². The summed E-state index contributed by atoms with van der Waals surface area (Å²) in [6.07, 6.45) is 4.82. The first-order chi connectivity index (χ1) is 9.35. The van der Waals surface area contributed by atoms with Crippen LogP contribution in [0.1, 0.15) is 19.8 Å². The van der Waals surface area contributed by atoms with Crippen LogP contribution in [-0.2, 0) is 0 Å². The van der Waals surface area contributed by atoms with Crippen LogP contribution in [0.4, 0.5) is 11.5 Å². The van der Waals surface area contributed by atoms with Gasteiger partial charge in [0.1, 0.15) is 5.82 Å². The van der Waals surface area contributed by atoms with Gasteiger partial charge in [-0.2, -0.15) is 0 Å². The molecule has 19 heavy (non-hydrogen) atoms. The largest absolute Gasteiger partial charge is 0.370 e. The summed E-state index contributed by atoms with van der Waals surface area (Å²) in [7, 11) is 0. The maximum atomic E-state index is 4.34. The first-order valence-corrected chi connectivity index (χ1v) is 7.52. The third-order valence-corrected chi connectivity index (χ3v) is 4.05. The predicted molar refractivity (Wildman–Crippen MR) is 79.8 cm³/mol. The fraction of sp³-hybridized carbons (Fsp3) is 0.667. The lowest BCUT2D eigenvalue weighted by atomic mass is 10.2. The Bertz CT molecular complexity index is 408. The van der Waals surface area contributed by atoms with Gasteiger partial charge in [0.05, 0.1) is 0 Å². The molecule has 0 unspecified atom stereocenters. The summed E-state index contributed by atoms with van der Waals surface area (Å²) in [5.74, 6) is 1.99. The van der Waals surface area contributed by atoms with Crippen molar-refractivity contribution in [2.75, 3.05) is 49.5 Å². The highest BCUT2D eigenvalue weighted by atomic mass is 15.3. The van der Waals surface area contributed by atoms with Crippen LogP contribution in [0.2, 0.25) is 0 Å². The molecule has 0 aromatic carbocycles. The molecular formula is C15H24N4. The average molecular weight is 260 g/mol. The Labute approximate surface area is 115 Å². The number of nitrogens with one attached hydrogen (secondary N) is 1. The molecule has 4 heteroatoms. The third-order valence-electron chi connectivity index (χ3n) is 4.05. The van der Waals surface area contributed by atoms with E-state index in [2.05, 4.69) is 39.2 Å². The first kappa shape index (κ1) is 12.7. The van der Waals surface area contributed by atoms with E-state index < -0.39 is 0 Å². The van der Waals surface area contributed by atoms with Crippen molar-refractivity contribution in [1.29, 1.82) is 0 Å². The number of nitrogens with zero attached hydrogens (tertiary/aromatic N) is 3. The Balaban J connectivity index is 1.56. The topological polar surface area (TPSA) is 31.4 Å².